The lowest BCUT2D eigenvalue weighted by Gasteiger charge is -2.22. The van der Waals surface area contributed by atoms with Gasteiger partial charge in [0.05, 0.1) is 11.1 Å². The zero-order valence-corrected chi connectivity index (χ0v) is 14.1. The normalized spacial score (nSPS) is 23.9. The summed E-state index contributed by atoms with van der Waals surface area (Å²) < 4.78 is 5.49. The minimum Gasteiger partial charge on any atom is -0.358 e. The SMILES string of the molecule is CC1CCc2[nH]c3c(C(=O)NOC4CCCCO4)cccc3c2C1. The third-order valence-corrected chi connectivity index (χ3v) is 5.14. The highest BCUT2D eigenvalue weighted by Crippen LogP contribution is 2.32. The highest BCUT2D eigenvalue weighted by molar-refractivity contribution is 6.06. The van der Waals surface area contributed by atoms with Crippen LogP contribution < -0.4 is 5.48 Å². The molecule has 1 fully saturated rings. The predicted molar refractivity (Wildman–Crippen MR) is 91.6 cm³/mol. The molecule has 1 aliphatic heterocycles. The Labute approximate surface area is 141 Å². The number of fused-ring (bicyclic) bond motifs is 3. The second-order valence-corrected chi connectivity index (χ2v) is 7.00. The number of amides is 1. The first-order valence-electron chi connectivity index (χ1n) is 8.92. The van der Waals surface area contributed by atoms with Crippen LogP contribution in [0.3, 0.4) is 0 Å². The molecule has 0 saturated carbocycles. The van der Waals surface area contributed by atoms with E-state index in [9.17, 15) is 4.79 Å². The summed E-state index contributed by atoms with van der Waals surface area (Å²) in [7, 11) is 0. The summed E-state index contributed by atoms with van der Waals surface area (Å²) in [5.41, 5.74) is 6.76. The summed E-state index contributed by atoms with van der Waals surface area (Å²) in [6, 6.07) is 5.89. The lowest BCUT2D eigenvalue weighted by atomic mass is 9.87. The van der Waals surface area contributed by atoms with E-state index in [0.717, 1.165) is 43.0 Å². The number of carbonyl (C=O) groups excluding carboxylic acids is 1. The summed E-state index contributed by atoms with van der Waals surface area (Å²) in [6.45, 7) is 2.98. The van der Waals surface area contributed by atoms with Crippen molar-refractivity contribution in [3.05, 3.63) is 35.0 Å². The Morgan fingerprint density at radius 2 is 2.25 bits per heavy atom. The van der Waals surface area contributed by atoms with E-state index in [1.54, 1.807) is 0 Å². The molecule has 0 bridgehead atoms. The highest BCUT2D eigenvalue weighted by atomic mass is 16.8. The van der Waals surface area contributed by atoms with Crippen molar-refractivity contribution in [2.75, 3.05) is 6.61 Å². The first kappa shape index (κ1) is 15.7. The smallest absolute Gasteiger partial charge is 0.277 e. The van der Waals surface area contributed by atoms with Gasteiger partial charge in [-0.2, -0.15) is 0 Å². The zero-order chi connectivity index (χ0) is 16.5. The van der Waals surface area contributed by atoms with Crippen LogP contribution in [-0.2, 0) is 22.4 Å². The maximum atomic E-state index is 12.6. The number of aromatic nitrogens is 1. The van der Waals surface area contributed by atoms with Crippen LogP contribution >= 0.6 is 0 Å². The molecule has 5 heteroatoms. The van der Waals surface area contributed by atoms with Crippen molar-refractivity contribution >= 4 is 16.8 Å². The number of hydrogen-bond donors (Lipinski definition) is 2. The van der Waals surface area contributed by atoms with Crippen LogP contribution in [-0.4, -0.2) is 23.8 Å². The van der Waals surface area contributed by atoms with Gasteiger partial charge in [-0.15, -0.1) is 0 Å². The molecule has 2 unspecified atom stereocenters. The van der Waals surface area contributed by atoms with E-state index in [0.29, 0.717) is 18.1 Å². The number of nitrogens with one attached hydrogen (secondary N) is 2. The van der Waals surface area contributed by atoms with E-state index in [4.69, 9.17) is 9.57 Å². The second-order valence-electron chi connectivity index (χ2n) is 7.00. The Bertz CT molecular complexity index is 746. The van der Waals surface area contributed by atoms with E-state index in [1.807, 2.05) is 12.1 Å². The van der Waals surface area contributed by atoms with Crippen LogP contribution in [0.5, 0.6) is 0 Å². The van der Waals surface area contributed by atoms with E-state index in [2.05, 4.69) is 23.5 Å². The van der Waals surface area contributed by atoms with Gasteiger partial charge in [-0.25, -0.2) is 10.3 Å². The Balaban J connectivity index is 1.56. The molecule has 2 atom stereocenters. The molecule has 1 aromatic carbocycles. The molecule has 2 aromatic rings. The number of para-hydroxylation sites is 1. The third kappa shape index (κ3) is 2.94. The molecule has 1 amide bonds. The molecule has 2 heterocycles. The average Bonchev–Trinajstić information content (AvgIpc) is 2.98. The molecule has 24 heavy (non-hydrogen) atoms. The zero-order valence-electron chi connectivity index (χ0n) is 14.1. The number of H-pyrrole nitrogens is 1. The number of aryl methyl sites for hydroxylation is 1. The molecule has 1 saturated heterocycles. The molecular formula is C19H24N2O3. The first-order chi connectivity index (χ1) is 11.7. The van der Waals surface area contributed by atoms with E-state index < -0.39 is 0 Å². The van der Waals surface area contributed by atoms with Crippen molar-refractivity contribution < 1.29 is 14.4 Å². The molecular weight excluding hydrogens is 304 g/mol. The minimum absolute atomic E-state index is 0.221. The third-order valence-electron chi connectivity index (χ3n) is 5.14. The summed E-state index contributed by atoms with van der Waals surface area (Å²) in [6.07, 6.45) is 5.94. The summed E-state index contributed by atoms with van der Waals surface area (Å²) in [5, 5.41) is 1.16. The quantitative estimate of drug-likeness (QED) is 0.848. The summed E-state index contributed by atoms with van der Waals surface area (Å²) in [5.74, 6) is 0.474. The fourth-order valence-corrected chi connectivity index (χ4v) is 3.78. The van der Waals surface area contributed by atoms with Crippen LogP contribution in [0, 0.1) is 5.92 Å². The Kier molecular flexibility index (Phi) is 4.29. The largest absolute Gasteiger partial charge is 0.358 e. The Morgan fingerprint density at radius 3 is 3.08 bits per heavy atom. The van der Waals surface area contributed by atoms with Gasteiger partial charge in [0.1, 0.15) is 0 Å². The molecule has 128 valence electrons. The average molecular weight is 328 g/mol. The van der Waals surface area contributed by atoms with Gasteiger partial charge in [-0.1, -0.05) is 19.1 Å². The molecule has 1 aliphatic carbocycles. The fourth-order valence-electron chi connectivity index (χ4n) is 3.78. The predicted octanol–water partition coefficient (Wildman–Crippen LogP) is 3.48. The van der Waals surface area contributed by atoms with Crippen molar-refractivity contribution in [2.24, 2.45) is 5.92 Å². The molecule has 4 rings (SSSR count). The topological polar surface area (TPSA) is 63.4 Å². The van der Waals surface area contributed by atoms with Gasteiger partial charge in [-0.3, -0.25) is 4.79 Å². The van der Waals surface area contributed by atoms with Crippen LogP contribution in [0.1, 0.15) is 54.2 Å². The lowest BCUT2D eigenvalue weighted by molar-refractivity contribution is -0.186. The molecule has 2 N–H and O–H groups in total. The lowest BCUT2D eigenvalue weighted by Crippen LogP contribution is -2.33. The Hall–Kier alpha value is -1.85. The van der Waals surface area contributed by atoms with Crippen molar-refractivity contribution in [2.45, 2.75) is 51.7 Å². The number of hydroxylamine groups is 1. The van der Waals surface area contributed by atoms with Gasteiger partial charge in [0, 0.05) is 24.1 Å². The molecule has 0 spiro atoms. The van der Waals surface area contributed by atoms with Gasteiger partial charge in [0.15, 0.2) is 6.29 Å². The number of rotatable bonds is 3. The van der Waals surface area contributed by atoms with Gasteiger partial charge < -0.3 is 9.72 Å². The van der Waals surface area contributed by atoms with Gasteiger partial charge in [0.25, 0.3) is 5.91 Å². The number of aromatic amines is 1. The summed E-state index contributed by atoms with van der Waals surface area (Å²) >= 11 is 0. The van der Waals surface area contributed by atoms with Crippen LogP contribution in [0.25, 0.3) is 10.9 Å². The van der Waals surface area contributed by atoms with Gasteiger partial charge >= 0.3 is 0 Å². The summed E-state index contributed by atoms with van der Waals surface area (Å²) in [4.78, 5) is 21.5. The van der Waals surface area contributed by atoms with E-state index >= 15 is 0 Å². The van der Waals surface area contributed by atoms with E-state index in [-0.39, 0.29) is 12.2 Å². The van der Waals surface area contributed by atoms with Crippen molar-refractivity contribution in [1.82, 2.24) is 10.5 Å². The van der Waals surface area contributed by atoms with Crippen molar-refractivity contribution in [3.8, 4) is 0 Å². The fraction of sp³-hybridized carbons (Fsp3) is 0.526. The number of benzene rings is 1. The monoisotopic (exact) mass is 328 g/mol. The van der Waals surface area contributed by atoms with Crippen LogP contribution in [0.2, 0.25) is 0 Å². The first-order valence-corrected chi connectivity index (χ1v) is 8.92. The molecule has 5 nitrogen and oxygen atoms in total. The van der Waals surface area contributed by atoms with Gasteiger partial charge in [-0.05, 0) is 49.7 Å². The van der Waals surface area contributed by atoms with Crippen LogP contribution in [0.4, 0.5) is 0 Å². The molecule has 1 aromatic heterocycles. The van der Waals surface area contributed by atoms with Crippen molar-refractivity contribution in [3.63, 3.8) is 0 Å². The van der Waals surface area contributed by atoms with Gasteiger partial charge in [0.2, 0.25) is 0 Å². The Morgan fingerprint density at radius 1 is 1.33 bits per heavy atom. The van der Waals surface area contributed by atoms with Crippen molar-refractivity contribution in [1.29, 1.82) is 0 Å². The number of carbonyl (C=O) groups is 1. The highest BCUT2D eigenvalue weighted by Gasteiger charge is 2.23. The van der Waals surface area contributed by atoms with E-state index in [1.165, 1.54) is 17.7 Å². The molecule has 2 aliphatic rings. The molecule has 0 radical (unpaired) electrons. The maximum Gasteiger partial charge on any atom is 0.277 e. The van der Waals surface area contributed by atoms with Crippen LogP contribution in [0.15, 0.2) is 18.2 Å². The number of ether oxygens (including phenoxy) is 1. The maximum absolute atomic E-state index is 12.6. The number of hydrogen-bond acceptors (Lipinski definition) is 3. The standard InChI is InChI=1S/C19H24N2O3/c1-12-8-9-16-15(11-12)13-5-4-6-14(18(13)20-16)19(22)21-24-17-7-2-3-10-23-17/h4-6,12,17,20H,2-3,7-11H2,1H3,(H,21,22). The second kappa shape index (κ2) is 6.57. The minimum atomic E-state index is -0.334.